The minimum Gasteiger partial charge on any atom is -0.497 e. The largest absolute Gasteiger partial charge is 0.497 e. The van der Waals surface area contributed by atoms with Gasteiger partial charge in [0.15, 0.2) is 12.1 Å². The third-order valence-corrected chi connectivity index (χ3v) is 5.30. The highest BCUT2D eigenvalue weighted by Gasteiger charge is 2.24. The van der Waals surface area contributed by atoms with Crippen LogP contribution in [0.1, 0.15) is 34.7 Å². The maximum absolute atomic E-state index is 12.5. The number of aromatic nitrogens is 1. The number of hydrogen-bond donors (Lipinski definition) is 0. The van der Waals surface area contributed by atoms with Gasteiger partial charge in [-0.25, -0.2) is 4.98 Å². The van der Waals surface area contributed by atoms with Crippen LogP contribution >= 0.6 is 0 Å². The van der Waals surface area contributed by atoms with Gasteiger partial charge in [0, 0.05) is 26.7 Å². The smallest absolute Gasteiger partial charge is 0.275 e. The van der Waals surface area contributed by atoms with Crippen LogP contribution < -0.4 is 4.74 Å². The molecule has 1 fully saturated rings. The van der Waals surface area contributed by atoms with E-state index in [1.54, 1.807) is 18.9 Å². The number of hydrogen-bond acceptors (Lipinski definition) is 5. The Labute approximate surface area is 161 Å². The van der Waals surface area contributed by atoms with Crippen LogP contribution in [0.4, 0.5) is 0 Å². The second-order valence-electron chi connectivity index (χ2n) is 7.35. The van der Waals surface area contributed by atoms with E-state index in [9.17, 15) is 4.79 Å². The van der Waals surface area contributed by atoms with Gasteiger partial charge < -0.3 is 19.0 Å². The topological polar surface area (TPSA) is 58.8 Å². The fourth-order valence-electron chi connectivity index (χ4n) is 3.74. The monoisotopic (exact) mass is 371 g/mol. The van der Waals surface area contributed by atoms with Crippen LogP contribution in [-0.4, -0.2) is 61.0 Å². The average molecular weight is 371 g/mol. The molecule has 2 aromatic rings. The van der Waals surface area contributed by atoms with Crippen molar-refractivity contribution < 1.29 is 13.9 Å². The highest BCUT2D eigenvalue weighted by Crippen LogP contribution is 2.19. The van der Waals surface area contributed by atoms with E-state index in [4.69, 9.17) is 9.15 Å². The molecule has 0 bridgehead atoms. The van der Waals surface area contributed by atoms with Gasteiger partial charge in [0.1, 0.15) is 11.5 Å². The van der Waals surface area contributed by atoms with E-state index in [0.717, 1.165) is 44.8 Å². The van der Waals surface area contributed by atoms with Crippen molar-refractivity contribution in [2.24, 2.45) is 5.92 Å². The van der Waals surface area contributed by atoms with Crippen molar-refractivity contribution in [3.8, 4) is 5.75 Å². The van der Waals surface area contributed by atoms with Gasteiger partial charge in [0.2, 0.25) is 0 Å². The normalized spacial score (nSPS) is 17.7. The van der Waals surface area contributed by atoms with Gasteiger partial charge in [0.25, 0.3) is 5.91 Å². The molecule has 1 aromatic heterocycles. The van der Waals surface area contributed by atoms with Gasteiger partial charge in [-0.1, -0.05) is 12.1 Å². The fourth-order valence-corrected chi connectivity index (χ4v) is 3.74. The van der Waals surface area contributed by atoms with Gasteiger partial charge in [0.05, 0.1) is 7.11 Å². The SMILES string of the molecule is COc1ccc(CCN2CCC[C@H](CN(C)C(=O)c3ncoc3C)C2)cc1. The van der Waals surface area contributed by atoms with Crippen LogP contribution in [0.5, 0.6) is 5.75 Å². The minimum absolute atomic E-state index is 0.0587. The number of benzene rings is 1. The molecule has 1 amide bonds. The molecule has 146 valence electrons. The Kier molecular flexibility index (Phi) is 6.50. The Morgan fingerprint density at radius 1 is 1.37 bits per heavy atom. The van der Waals surface area contributed by atoms with Crippen LogP contribution in [-0.2, 0) is 6.42 Å². The first-order valence-corrected chi connectivity index (χ1v) is 9.57. The Bertz CT molecular complexity index is 741. The molecule has 0 aliphatic carbocycles. The van der Waals surface area contributed by atoms with Crippen LogP contribution in [0, 0.1) is 12.8 Å². The molecule has 1 saturated heterocycles. The summed E-state index contributed by atoms with van der Waals surface area (Å²) in [5.41, 5.74) is 1.75. The summed E-state index contributed by atoms with van der Waals surface area (Å²) in [5, 5.41) is 0. The molecule has 0 unspecified atom stereocenters. The molecule has 2 heterocycles. The zero-order valence-electron chi connectivity index (χ0n) is 16.5. The Hall–Kier alpha value is -2.34. The highest BCUT2D eigenvalue weighted by atomic mass is 16.5. The van der Waals surface area contributed by atoms with Gasteiger partial charge in [-0.3, -0.25) is 4.79 Å². The molecule has 27 heavy (non-hydrogen) atoms. The van der Waals surface area contributed by atoms with Crippen LogP contribution in [0.15, 0.2) is 35.1 Å². The number of carbonyl (C=O) groups is 1. The number of carbonyl (C=O) groups excluding carboxylic acids is 1. The number of aryl methyl sites for hydroxylation is 1. The minimum atomic E-state index is -0.0587. The summed E-state index contributed by atoms with van der Waals surface area (Å²) in [6, 6.07) is 8.29. The van der Waals surface area contributed by atoms with Crippen molar-refractivity contribution in [3.63, 3.8) is 0 Å². The zero-order chi connectivity index (χ0) is 19.2. The van der Waals surface area contributed by atoms with E-state index in [-0.39, 0.29) is 5.91 Å². The third kappa shape index (κ3) is 5.10. The average Bonchev–Trinajstić information content (AvgIpc) is 3.12. The summed E-state index contributed by atoms with van der Waals surface area (Å²) in [7, 11) is 3.54. The second-order valence-corrected chi connectivity index (χ2v) is 7.35. The summed E-state index contributed by atoms with van der Waals surface area (Å²) in [6.07, 6.45) is 4.70. The first-order chi connectivity index (χ1) is 13.1. The number of rotatable bonds is 7. The van der Waals surface area contributed by atoms with Crippen molar-refractivity contribution in [1.29, 1.82) is 0 Å². The molecule has 1 atom stereocenters. The molecule has 1 aliphatic heterocycles. The number of ether oxygens (including phenoxy) is 1. The molecule has 0 saturated carbocycles. The Balaban J connectivity index is 1.48. The summed E-state index contributed by atoms with van der Waals surface area (Å²) >= 11 is 0. The lowest BCUT2D eigenvalue weighted by atomic mass is 9.97. The molecule has 0 radical (unpaired) electrons. The van der Waals surface area contributed by atoms with Gasteiger partial charge in [-0.15, -0.1) is 0 Å². The molecule has 3 rings (SSSR count). The lowest BCUT2D eigenvalue weighted by Gasteiger charge is -2.34. The van der Waals surface area contributed by atoms with E-state index in [1.807, 2.05) is 19.2 Å². The lowest BCUT2D eigenvalue weighted by molar-refractivity contribution is 0.0723. The summed E-state index contributed by atoms with van der Waals surface area (Å²) < 4.78 is 10.4. The van der Waals surface area contributed by atoms with Gasteiger partial charge in [-0.05, 0) is 56.3 Å². The summed E-state index contributed by atoms with van der Waals surface area (Å²) in [4.78, 5) is 20.9. The van der Waals surface area contributed by atoms with Crippen LogP contribution in [0.3, 0.4) is 0 Å². The van der Waals surface area contributed by atoms with E-state index in [2.05, 4.69) is 22.0 Å². The maximum Gasteiger partial charge on any atom is 0.275 e. The lowest BCUT2D eigenvalue weighted by Crippen LogP contribution is -2.42. The van der Waals surface area contributed by atoms with E-state index >= 15 is 0 Å². The van der Waals surface area contributed by atoms with E-state index in [1.165, 1.54) is 18.4 Å². The molecule has 0 N–H and O–H groups in total. The second kappa shape index (κ2) is 9.04. The number of oxazole rings is 1. The molecule has 6 heteroatoms. The van der Waals surface area contributed by atoms with E-state index < -0.39 is 0 Å². The van der Waals surface area contributed by atoms with Gasteiger partial charge >= 0.3 is 0 Å². The standard InChI is InChI=1S/C21H29N3O3/c1-16-20(22-15-27-16)21(25)23(2)13-18-5-4-11-24(14-18)12-10-17-6-8-19(26-3)9-7-17/h6-9,15,18H,4-5,10-14H2,1-3H3/t18-/m1/s1. The fraction of sp³-hybridized carbons (Fsp3) is 0.524. The Morgan fingerprint density at radius 3 is 2.81 bits per heavy atom. The van der Waals surface area contributed by atoms with Crippen molar-refractivity contribution >= 4 is 5.91 Å². The van der Waals surface area contributed by atoms with Crippen LogP contribution in [0.25, 0.3) is 0 Å². The van der Waals surface area contributed by atoms with E-state index in [0.29, 0.717) is 17.4 Å². The predicted octanol–water partition coefficient (Wildman–Crippen LogP) is 3.02. The van der Waals surface area contributed by atoms with Gasteiger partial charge in [-0.2, -0.15) is 0 Å². The first kappa shape index (κ1) is 19.4. The Morgan fingerprint density at radius 2 is 2.15 bits per heavy atom. The molecule has 6 nitrogen and oxygen atoms in total. The number of nitrogens with zero attached hydrogens (tertiary/aromatic N) is 3. The van der Waals surface area contributed by atoms with Crippen molar-refractivity contribution in [1.82, 2.24) is 14.8 Å². The highest BCUT2D eigenvalue weighted by molar-refractivity contribution is 5.92. The quantitative estimate of drug-likeness (QED) is 0.749. The molecule has 1 aromatic carbocycles. The van der Waals surface area contributed by atoms with Crippen LogP contribution in [0.2, 0.25) is 0 Å². The maximum atomic E-state index is 12.5. The number of piperidine rings is 1. The number of amides is 1. The van der Waals surface area contributed by atoms with Crippen molar-refractivity contribution in [3.05, 3.63) is 47.7 Å². The molecule has 0 spiro atoms. The number of likely N-dealkylation sites (tertiary alicyclic amines) is 1. The molecule has 1 aliphatic rings. The third-order valence-electron chi connectivity index (χ3n) is 5.30. The zero-order valence-corrected chi connectivity index (χ0v) is 16.5. The summed E-state index contributed by atoms with van der Waals surface area (Å²) in [5.74, 6) is 1.91. The first-order valence-electron chi connectivity index (χ1n) is 9.57. The van der Waals surface area contributed by atoms with Crippen molar-refractivity contribution in [2.75, 3.05) is 40.3 Å². The van der Waals surface area contributed by atoms with Crippen molar-refractivity contribution in [2.45, 2.75) is 26.2 Å². The molecular weight excluding hydrogens is 342 g/mol. The predicted molar refractivity (Wildman–Crippen MR) is 104 cm³/mol. The summed E-state index contributed by atoms with van der Waals surface area (Å²) in [6.45, 7) is 5.74. The molecular formula is C21H29N3O3. The number of methoxy groups -OCH3 is 1.